The first-order chi connectivity index (χ1) is 8.29. The van der Waals surface area contributed by atoms with E-state index in [-0.39, 0.29) is 0 Å². The fourth-order valence-corrected chi connectivity index (χ4v) is 1.45. The van der Waals surface area contributed by atoms with Gasteiger partial charge < -0.3 is 10.5 Å². The van der Waals surface area contributed by atoms with E-state index >= 15 is 0 Å². The van der Waals surface area contributed by atoms with Gasteiger partial charge in [0.2, 0.25) is 0 Å². The first-order valence-corrected chi connectivity index (χ1v) is 5.26. The summed E-state index contributed by atoms with van der Waals surface area (Å²) in [6.45, 7) is 0.429. The summed E-state index contributed by atoms with van der Waals surface area (Å²) in [5.41, 5.74) is 8.11. The average molecular weight is 224 g/mol. The van der Waals surface area contributed by atoms with Gasteiger partial charge in [-0.25, -0.2) is 0 Å². The van der Waals surface area contributed by atoms with Crippen molar-refractivity contribution in [3.63, 3.8) is 0 Å². The monoisotopic (exact) mass is 224 g/mol. The van der Waals surface area contributed by atoms with Crippen molar-refractivity contribution < 1.29 is 4.74 Å². The summed E-state index contributed by atoms with van der Waals surface area (Å²) >= 11 is 0. The van der Waals surface area contributed by atoms with Crippen LogP contribution in [0.2, 0.25) is 0 Å². The molecule has 0 saturated heterocycles. The summed E-state index contributed by atoms with van der Waals surface area (Å²) < 4.78 is 5.58. The molecule has 0 aliphatic rings. The number of para-hydroxylation sites is 1. The van der Waals surface area contributed by atoms with Gasteiger partial charge >= 0.3 is 0 Å². The number of nitriles is 1. The van der Waals surface area contributed by atoms with Crippen LogP contribution in [0.3, 0.4) is 0 Å². The second-order valence-corrected chi connectivity index (χ2v) is 3.62. The van der Waals surface area contributed by atoms with Crippen molar-refractivity contribution in [1.82, 2.24) is 0 Å². The van der Waals surface area contributed by atoms with Crippen LogP contribution < -0.4 is 10.5 Å². The van der Waals surface area contributed by atoms with E-state index in [0.29, 0.717) is 12.2 Å². The number of hydrogen-bond donors (Lipinski definition) is 1. The van der Waals surface area contributed by atoms with E-state index in [1.165, 1.54) is 0 Å². The highest BCUT2D eigenvalue weighted by Gasteiger charge is 1.99. The maximum absolute atomic E-state index is 8.67. The molecule has 0 heterocycles. The van der Waals surface area contributed by atoms with E-state index in [2.05, 4.69) is 6.07 Å². The summed E-state index contributed by atoms with van der Waals surface area (Å²) in [6.07, 6.45) is 0. The standard InChI is InChI=1S/C14H12N2O/c15-9-11-5-7-13(8-6-11)17-10-12-3-1-2-4-14(12)16/h1-8H,10,16H2. The molecule has 0 radical (unpaired) electrons. The highest BCUT2D eigenvalue weighted by atomic mass is 16.5. The van der Waals surface area contributed by atoms with E-state index in [1.54, 1.807) is 24.3 Å². The second kappa shape index (κ2) is 5.04. The number of rotatable bonds is 3. The maximum Gasteiger partial charge on any atom is 0.119 e. The van der Waals surface area contributed by atoms with Crippen LogP contribution in [0.1, 0.15) is 11.1 Å². The van der Waals surface area contributed by atoms with Gasteiger partial charge in [0.15, 0.2) is 0 Å². The van der Waals surface area contributed by atoms with Crippen molar-refractivity contribution in [3.8, 4) is 11.8 Å². The lowest BCUT2D eigenvalue weighted by molar-refractivity contribution is 0.307. The smallest absolute Gasteiger partial charge is 0.119 e. The van der Waals surface area contributed by atoms with E-state index in [0.717, 1.165) is 17.0 Å². The molecule has 17 heavy (non-hydrogen) atoms. The summed E-state index contributed by atoms with van der Waals surface area (Å²) in [5.74, 6) is 0.729. The largest absolute Gasteiger partial charge is 0.489 e. The Hall–Kier alpha value is -2.47. The third-order valence-corrected chi connectivity index (χ3v) is 2.43. The Bertz CT molecular complexity index is 541. The van der Waals surface area contributed by atoms with Crippen molar-refractivity contribution in [2.24, 2.45) is 0 Å². The summed E-state index contributed by atoms with van der Waals surface area (Å²) in [6, 6.07) is 16.7. The number of hydrogen-bond acceptors (Lipinski definition) is 3. The Balaban J connectivity index is 2.03. The molecular weight excluding hydrogens is 212 g/mol. The number of anilines is 1. The molecule has 2 N–H and O–H groups in total. The number of ether oxygens (including phenoxy) is 1. The quantitative estimate of drug-likeness (QED) is 0.815. The number of nitrogen functional groups attached to an aromatic ring is 1. The molecule has 3 heteroatoms. The minimum Gasteiger partial charge on any atom is -0.489 e. The predicted molar refractivity (Wildman–Crippen MR) is 66.3 cm³/mol. The molecule has 0 amide bonds. The maximum atomic E-state index is 8.67. The van der Waals surface area contributed by atoms with Crippen LogP contribution in [0.25, 0.3) is 0 Å². The van der Waals surface area contributed by atoms with Gasteiger partial charge in [0.25, 0.3) is 0 Å². The van der Waals surface area contributed by atoms with Gasteiger partial charge in [-0.3, -0.25) is 0 Å². The lowest BCUT2D eigenvalue weighted by atomic mass is 10.2. The summed E-state index contributed by atoms with van der Waals surface area (Å²) in [7, 11) is 0. The lowest BCUT2D eigenvalue weighted by Gasteiger charge is -2.08. The fourth-order valence-electron chi connectivity index (χ4n) is 1.45. The van der Waals surface area contributed by atoms with Gasteiger partial charge in [0.05, 0.1) is 11.6 Å². The average Bonchev–Trinajstić information content (AvgIpc) is 2.38. The van der Waals surface area contributed by atoms with Crippen molar-refractivity contribution in [3.05, 3.63) is 59.7 Å². The predicted octanol–water partition coefficient (Wildman–Crippen LogP) is 2.72. The molecule has 2 aromatic carbocycles. The zero-order chi connectivity index (χ0) is 12.1. The number of nitrogens with two attached hydrogens (primary N) is 1. The Morgan fingerprint density at radius 3 is 2.41 bits per heavy atom. The van der Waals surface area contributed by atoms with E-state index in [9.17, 15) is 0 Å². The SMILES string of the molecule is N#Cc1ccc(OCc2ccccc2N)cc1. The van der Waals surface area contributed by atoms with Crippen LogP contribution in [0.5, 0.6) is 5.75 Å². The number of nitrogens with zero attached hydrogens (tertiary/aromatic N) is 1. The Labute approximate surface area is 100 Å². The Morgan fingerprint density at radius 2 is 1.76 bits per heavy atom. The Kier molecular flexibility index (Phi) is 3.27. The van der Waals surface area contributed by atoms with Gasteiger partial charge in [-0.1, -0.05) is 18.2 Å². The molecule has 0 aliphatic carbocycles. The van der Waals surface area contributed by atoms with Gasteiger partial charge in [-0.05, 0) is 30.3 Å². The minimum atomic E-state index is 0.429. The van der Waals surface area contributed by atoms with Crippen LogP contribution in [-0.4, -0.2) is 0 Å². The number of benzene rings is 2. The van der Waals surface area contributed by atoms with Crippen LogP contribution >= 0.6 is 0 Å². The van der Waals surface area contributed by atoms with Gasteiger partial charge in [0.1, 0.15) is 12.4 Å². The van der Waals surface area contributed by atoms with Crippen LogP contribution in [-0.2, 0) is 6.61 Å². The van der Waals surface area contributed by atoms with Gasteiger partial charge in [0, 0.05) is 11.3 Å². The van der Waals surface area contributed by atoms with Crippen LogP contribution in [0, 0.1) is 11.3 Å². The molecule has 0 aliphatic heterocycles. The molecule has 0 aromatic heterocycles. The van der Waals surface area contributed by atoms with Gasteiger partial charge in [-0.2, -0.15) is 5.26 Å². The Morgan fingerprint density at radius 1 is 1.06 bits per heavy atom. The molecule has 0 spiro atoms. The third kappa shape index (κ3) is 2.76. The first kappa shape index (κ1) is 11.0. The molecule has 0 fully saturated rings. The molecule has 84 valence electrons. The third-order valence-electron chi connectivity index (χ3n) is 2.43. The second-order valence-electron chi connectivity index (χ2n) is 3.62. The van der Waals surface area contributed by atoms with Crippen molar-refractivity contribution in [2.75, 3.05) is 5.73 Å². The summed E-state index contributed by atoms with van der Waals surface area (Å²) in [4.78, 5) is 0. The normalized spacial score (nSPS) is 9.59. The first-order valence-electron chi connectivity index (χ1n) is 5.26. The molecular formula is C14H12N2O. The molecule has 0 saturated carbocycles. The van der Waals surface area contributed by atoms with Crippen molar-refractivity contribution >= 4 is 5.69 Å². The zero-order valence-electron chi connectivity index (χ0n) is 9.26. The highest BCUT2D eigenvalue weighted by Crippen LogP contribution is 2.16. The van der Waals surface area contributed by atoms with Gasteiger partial charge in [-0.15, -0.1) is 0 Å². The summed E-state index contributed by atoms with van der Waals surface area (Å²) in [5, 5.41) is 8.67. The molecule has 0 unspecified atom stereocenters. The van der Waals surface area contributed by atoms with E-state index < -0.39 is 0 Å². The molecule has 0 bridgehead atoms. The highest BCUT2D eigenvalue weighted by molar-refractivity contribution is 5.46. The van der Waals surface area contributed by atoms with Crippen molar-refractivity contribution in [2.45, 2.75) is 6.61 Å². The molecule has 2 rings (SSSR count). The topological polar surface area (TPSA) is 59.0 Å². The zero-order valence-corrected chi connectivity index (χ0v) is 9.26. The molecule has 0 atom stereocenters. The molecule has 3 nitrogen and oxygen atoms in total. The van der Waals surface area contributed by atoms with Crippen LogP contribution in [0.4, 0.5) is 5.69 Å². The van der Waals surface area contributed by atoms with Crippen LogP contribution in [0.15, 0.2) is 48.5 Å². The molecule has 2 aromatic rings. The van der Waals surface area contributed by atoms with E-state index in [4.69, 9.17) is 15.7 Å². The lowest BCUT2D eigenvalue weighted by Crippen LogP contribution is -1.99. The minimum absolute atomic E-state index is 0.429. The fraction of sp³-hybridized carbons (Fsp3) is 0.0714. The van der Waals surface area contributed by atoms with Crippen molar-refractivity contribution in [1.29, 1.82) is 5.26 Å². The van der Waals surface area contributed by atoms with E-state index in [1.807, 2.05) is 24.3 Å².